The van der Waals surface area contributed by atoms with E-state index in [0.29, 0.717) is 13.1 Å². The van der Waals surface area contributed by atoms with Crippen LogP contribution in [0.4, 0.5) is 0 Å². The summed E-state index contributed by atoms with van der Waals surface area (Å²) < 4.78 is 10.6. The smallest absolute Gasteiger partial charge is 0.246 e. The van der Waals surface area contributed by atoms with Crippen LogP contribution in [0.25, 0.3) is 0 Å². The maximum Gasteiger partial charge on any atom is 0.246 e. The lowest BCUT2D eigenvalue weighted by molar-refractivity contribution is -0.129. The van der Waals surface area contributed by atoms with Crippen LogP contribution in [-0.4, -0.2) is 44.9 Å². The van der Waals surface area contributed by atoms with Gasteiger partial charge < -0.3 is 20.5 Å². The summed E-state index contributed by atoms with van der Waals surface area (Å²) in [6, 6.07) is 0. The van der Waals surface area contributed by atoms with E-state index < -0.39 is 0 Å². The van der Waals surface area contributed by atoms with E-state index in [-0.39, 0.29) is 18.6 Å². The first-order valence-corrected chi connectivity index (χ1v) is 4.99. The normalized spacial score (nSPS) is 18.1. The molecule has 5 nitrogen and oxygen atoms in total. The van der Waals surface area contributed by atoms with Gasteiger partial charge >= 0.3 is 0 Å². The Balaban J connectivity index is 2.03. The average Bonchev–Trinajstić information content (AvgIpc) is 2.25. The number of rotatable bonds is 5. The van der Waals surface area contributed by atoms with E-state index in [1.807, 2.05) is 0 Å². The molecule has 82 valence electrons. The molecule has 14 heavy (non-hydrogen) atoms. The highest BCUT2D eigenvalue weighted by molar-refractivity contribution is 5.77. The van der Waals surface area contributed by atoms with E-state index in [2.05, 4.69) is 5.32 Å². The SMILES string of the molecule is NCCNC(=O)COC1CCOCC1. The maximum absolute atomic E-state index is 11.1. The monoisotopic (exact) mass is 202 g/mol. The van der Waals surface area contributed by atoms with Crippen LogP contribution in [0.3, 0.4) is 0 Å². The van der Waals surface area contributed by atoms with Gasteiger partial charge in [0.15, 0.2) is 0 Å². The van der Waals surface area contributed by atoms with Gasteiger partial charge in [0.1, 0.15) is 6.61 Å². The number of hydrogen-bond donors (Lipinski definition) is 2. The van der Waals surface area contributed by atoms with Gasteiger partial charge in [-0.2, -0.15) is 0 Å². The zero-order valence-electron chi connectivity index (χ0n) is 8.33. The van der Waals surface area contributed by atoms with Crippen molar-refractivity contribution in [1.29, 1.82) is 0 Å². The molecule has 1 amide bonds. The summed E-state index contributed by atoms with van der Waals surface area (Å²) in [6.45, 7) is 2.56. The molecule has 0 unspecified atom stereocenters. The summed E-state index contributed by atoms with van der Waals surface area (Å²) in [5.41, 5.74) is 5.24. The third kappa shape index (κ3) is 4.55. The molecular weight excluding hydrogens is 184 g/mol. The summed E-state index contributed by atoms with van der Waals surface area (Å²) in [4.78, 5) is 11.1. The predicted molar refractivity (Wildman–Crippen MR) is 51.9 cm³/mol. The lowest BCUT2D eigenvalue weighted by atomic mass is 10.2. The standard InChI is InChI=1S/C9H18N2O3/c10-3-4-11-9(12)7-14-8-1-5-13-6-2-8/h8H,1-7,10H2,(H,11,12). The summed E-state index contributed by atoms with van der Waals surface area (Å²) in [6.07, 6.45) is 1.93. The van der Waals surface area contributed by atoms with Gasteiger partial charge in [-0.3, -0.25) is 4.79 Å². The van der Waals surface area contributed by atoms with Crippen molar-refractivity contribution in [1.82, 2.24) is 5.32 Å². The summed E-state index contributed by atoms with van der Waals surface area (Å²) in [5, 5.41) is 2.65. The average molecular weight is 202 g/mol. The van der Waals surface area contributed by atoms with Crippen molar-refractivity contribution in [3.05, 3.63) is 0 Å². The molecule has 0 aromatic rings. The number of carbonyl (C=O) groups excluding carboxylic acids is 1. The first kappa shape index (κ1) is 11.4. The number of carbonyl (C=O) groups is 1. The number of amides is 1. The summed E-state index contributed by atoms with van der Waals surface area (Å²) >= 11 is 0. The molecule has 1 fully saturated rings. The van der Waals surface area contributed by atoms with E-state index >= 15 is 0 Å². The fourth-order valence-electron chi connectivity index (χ4n) is 1.30. The van der Waals surface area contributed by atoms with E-state index in [0.717, 1.165) is 26.1 Å². The largest absolute Gasteiger partial charge is 0.381 e. The molecule has 0 saturated carbocycles. The number of ether oxygens (including phenoxy) is 2. The van der Waals surface area contributed by atoms with Crippen LogP contribution in [0, 0.1) is 0 Å². The lowest BCUT2D eigenvalue weighted by Crippen LogP contribution is -2.34. The van der Waals surface area contributed by atoms with Crippen LogP contribution < -0.4 is 11.1 Å². The van der Waals surface area contributed by atoms with Crippen LogP contribution in [0.15, 0.2) is 0 Å². The zero-order chi connectivity index (χ0) is 10.2. The molecular formula is C9H18N2O3. The van der Waals surface area contributed by atoms with Gasteiger partial charge in [-0.05, 0) is 12.8 Å². The van der Waals surface area contributed by atoms with Crippen LogP contribution >= 0.6 is 0 Å². The van der Waals surface area contributed by atoms with E-state index in [9.17, 15) is 4.79 Å². The van der Waals surface area contributed by atoms with Gasteiger partial charge in [0.25, 0.3) is 0 Å². The third-order valence-electron chi connectivity index (χ3n) is 2.08. The van der Waals surface area contributed by atoms with Crippen molar-refractivity contribution < 1.29 is 14.3 Å². The molecule has 1 heterocycles. The van der Waals surface area contributed by atoms with E-state index in [4.69, 9.17) is 15.2 Å². The van der Waals surface area contributed by atoms with Crippen LogP contribution in [-0.2, 0) is 14.3 Å². The van der Waals surface area contributed by atoms with Gasteiger partial charge in [-0.1, -0.05) is 0 Å². The second-order valence-electron chi connectivity index (χ2n) is 3.26. The first-order valence-electron chi connectivity index (χ1n) is 4.99. The molecule has 0 bridgehead atoms. The Bertz CT molecular complexity index is 169. The highest BCUT2D eigenvalue weighted by Crippen LogP contribution is 2.09. The van der Waals surface area contributed by atoms with Gasteiger partial charge in [-0.15, -0.1) is 0 Å². The van der Waals surface area contributed by atoms with Gasteiger partial charge in [0, 0.05) is 26.3 Å². The molecule has 1 saturated heterocycles. The van der Waals surface area contributed by atoms with Crippen LogP contribution in [0.2, 0.25) is 0 Å². The Morgan fingerprint density at radius 3 is 2.86 bits per heavy atom. The highest BCUT2D eigenvalue weighted by atomic mass is 16.5. The fourth-order valence-corrected chi connectivity index (χ4v) is 1.30. The molecule has 1 aliphatic heterocycles. The topological polar surface area (TPSA) is 73.6 Å². The van der Waals surface area contributed by atoms with Crippen molar-refractivity contribution in [2.24, 2.45) is 5.73 Å². The van der Waals surface area contributed by atoms with E-state index in [1.165, 1.54) is 0 Å². The van der Waals surface area contributed by atoms with Gasteiger partial charge in [-0.25, -0.2) is 0 Å². The Kier molecular flexibility index (Phi) is 5.51. The molecule has 1 aliphatic rings. The molecule has 0 aromatic heterocycles. The summed E-state index contributed by atoms with van der Waals surface area (Å²) in [5.74, 6) is -0.0954. The quantitative estimate of drug-likeness (QED) is 0.615. The minimum absolute atomic E-state index is 0.0954. The maximum atomic E-state index is 11.1. The van der Waals surface area contributed by atoms with Crippen molar-refractivity contribution in [3.8, 4) is 0 Å². The molecule has 0 spiro atoms. The molecule has 0 atom stereocenters. The predicted octanol–water partition coefficient (Wildman–Crippen LogP) is -0.743. The van der Waals surface area contributed by atoms with Crippen molar-refractivity contribution in [2.75, 3.05) is 32.9 Å². The minimum atomic E-state index is -0.0954. The van der Waals surface area contributed by atoms with Gasteiger partial charge in [0.2, 0.25) is 5.91 Å². The highest BCUT2D eigenvalue weighted by Gasteiger charge is 2.15. The summed E-state index contributed by atoms with van der Waals surface area (Å²) in [7, 11) is 0. The van der Waals surface area contributed by atoms with Crippen molar-refractivity contribution >= 4 is 5.91 Å². The first-order chi connectivity index (χ1) is 6.83. The van der Waals surface area contributed by atoms with Crippen molar-refractivity contribution in [2.45, 2.75) is 18.9 Å². The number of hydrogen-bond acceptors (Lipinski definition) is 4. The van der Waals surface area contributed by atoms with Crippen LogP contribution in [0.5, 0.6) is 0 Å². The molecule has 0 aliphatic carbocycles. The fraction of sp³-hybridized carbons (Fsp3) is 0.889. The van der Waals surface area contributed by atoms with E-state index in [1.54, 1.807) is 0 Å². The molecule has 0 radical (unpaired) electrons. The Hall–Kier alpha value is -0.650. The molecule has 5 heteroatoms. The Morgan fingerprint density at radius 1 is 1.50 bits per heavy atom. The second kappa shape index (κ2) is 6.75. The molecule has 1 rings (SSSR count). The van der Waals surface area contributed by atoms with Crippen LogP contribution in [0.1, 0.15) is 12.8 Å². The van der Waals surface area contributed by atoms with Crippen molar-refractivity contribution in [3.63, 3.8) is 0 Å². The number of nitrogens with two attached hydrogens (primary N) is 1. The Morgan fingerprint density at radius 2 is 2.21 bits per heavy atom. The molecule has 3 N–H and O–H groups in total. The third-order valence-corrected chi connectivity index (χ3v) is 2.08. The lowest BCUT2D eigenvalue weighted by Gasteiger charge is -2.21. The second-order valence-corrected chi connectivity index (χ2v) is 3.26. The Labute approximate surface area is 83.9 Å². The van der Waals surface area contributed by atoms with Gasteiger partial charge in [0.05, 0.1) is 6.10 Å². The molecule has 0 aromatic carbocycles. The number of nitrogens with one attached hydrogen (secondary N) is 1. The zero-order valence-corrected chi connectivity index (χ0v) is 8.33. The minimum Gasteiger partial charge on any atom is -0.381 e.